The molecule has 0 saturated heterocycles. The first kappa shape index (κ1) is 17.6. The second-order valence-electron chi connectivity index (χ2n) is 3.93. The minimum atomic E-state index is -0.935. The van der Waals surface area contributed by atoms with E-state index >= 15 is 0 Å². The Hall–Kier alpha value is -2.41. The Morgan fingerprint density at radius 3 is 2.23 bits per heavy atom. The SMILES string of the molecule is CCOC(=O)C(=Cc1c(Cl)cccc1[N+](=O)[O-])C(=O)OCC. The Kier molecular flexibility index (Phi) is 6.52. The quantitative estimate of drug-likeness (QED) is 0.199. The molecule has 0 aromatic heterocycles. The summed E-state index contributed by atoms with van der Waals surface area (Å²) >= 11 is 5.93. The van der Waals surface area contributed by atoms with E-state index in [9.17, 15) is 19.7 Å². The van der Waals surface area contributed by atoms with E-state index in [2.05, 4.69) is 0 Å². The van der Waals surface area contributed by atoms with Crippen molar-refractivity contribution in [1.29, 1.82) is 0 Å². The third-order valence-electron chi connectivity index (χ3n) is 2.51. The Morgan fingerprint density at radius 2 is 1.77 bits per heavy atom. The molecule has 118 valence electrons. The first-order chi connectivity index (χ1) is 10.4. The van der Waals surface area contributed by atoms with E-state index in [0.29, 0.717) is 0 Å². The lowest BCUT2D eigenvalue weighted by Crippen LogP contribution is -2.18. The highest BCUT2D eigenvalue weighted by molar-refractivity contribution is 6.33. The summed E-state index contributed by atoms with van der Waals surface area (Å²) < 4.78 is 9.53. The number of carbonyl (C=O) groups excluding carboxylic acids is 2. The van der Waals surface area contributed by atoms with Crippen molar-refractivity contribution in [2.75, 3.05) is 13.2 Å². The van der Waals surface area contributed by atoms with E-state index in [1.807, 2.05) is 0 Å². The molecule has 0 radical (unpaired) electrons. The number of rotatable bonds is 6. The molecule has 0 aliphatic carbocycles. The Labute approximate surface area is 131 Å². The van der Waals surface area contributed by atoms with E-state index in [-0.39, 0.29) is 29.5 Å². The number of nitrogens with zero attached hydrogens (tertiary/aromatic N) is 1. The van der Waals surface area contributed by atoms with Gasteiger partial charge in [0, 0.05) is 6.07 Å². The highest BCUT2D eigenvalue weighted by Gasteiger charge is 2.24. The van der Waals surface area contributed by atoms with Crippen LogP contribution in [0.3, 0.4) is 0 Å². The summed E-state index contributed by atoms with van der Waals surface area (Å²) in [5.41, 5.74) is -0.858. The van der Waals surface area contributed by atoms with Gasteiger partial charge in [0.05, 0.1) is 28.7 Å². The molecule has 0 aliphatic heterocycles. The fraction of sp³-hybridized carbons (Fsp3) is 0.286. The van der Waals surface area contributed by atoms with E-state index < -0.39 is 22.4 Å². The van der Waals surface area contributed by atoms with Gasteiger partial charge < -0.3 is 9.47 Å². The third kappa shape index (κ3) is 4.29. The normalized spacial score (nSPS) is 9.77. The first-order valence-corrected chi connectivity index (χ1v) is 6.79. The van der Waals surface area contributed by atoms with Crippen LogP contribution in [0, 0.1) is 10.1 Å². The molecule has 0 bridgehead atoms. The zero-order valence-corrected chi connectivity index (χ0v) is 12.8. The molecule has 1 aromatic rings. The maximum Gasteiger partial charge on any atom is 0.345 e. The van der Waals surface area contributed by atoms with Crippen LogP contribution in [0.25, 0.3) is 6.08 Å². The van der Waals surface area contributed by atoms with Crippen molar-refractivity contribution in [2.45, 2.75) is 13.8 Å². The average Bonchev–Trinajstić information content (AvgIpc) is 2.45. The maximum atomic E-state index is 11.9. The van der Waals surface area contributed by atoms with Crippen molar-refractivity contribution in [3.05, 3.63) is 44.5 Å². The van der Waals surface area contributed by atoms with E-state index in [1.165, 1.54) is 18.2 Å². The summed E-state index contributed by atoms with van der Waals surface area (Å²) in [6.45, 7) is 3.22. The molecule has 1 aromatic carbocycles. The van der Waals surface area contributed by atoms with Crippen LogP contribution < -0.4 is 0 Å². The molecule has 0 atom stereocenters. The highest BCUT2D eigenvalue weighted by atomic mass is 35.5. The molecule has 8 heteroatoms. The number of halogens is 1. The number of nitro benzene ring substituents is 1. The zero-order chi connectivity index (χ0) is 16.7. The molecular formula is C14H14ClNO6. The van der Waals surface area contributed by atoms with Gasteiger partial charge in [-0.3, -0.25) is 10.1 Å². The van der Waals surface area contributed by atoms with Gasteiger partial charge in [0.15, 0.2) is 0 Å². The van der Waals surface area contributed by atoms with Crippen LogP contribution in [-0.4, -0.2) is 30.1 Å². The lowest BCUT2D eigenvalue weighted by atomic mass is 10.1. The number of nitro groups is 1. The van der Waals surface area contributed by atoms with Gasteiger partial charge in [0.25, 0.3) is 5.69 Å². The summed E-state index contributed by atoms with van der Waals surface area (Å²) in [5.74, 6) is -1.87. The van der Waals surface area contributed by atoms with Crippen LogP contribution in [0.4, 0.5) is 5.69 Å². The Morgan fingerprint density at radius 1 is 1.23 bits per heavy atom. The van der Waals surface area contributed by atoms with E-state index in [0.717, 1.165) is 6.08 Å². The van der Waals surface area contributed by atoms with Crippen LogP contribution >= 0.6 is 11.6 Å². The molecule has 0 fully saturated rings. The number of benzene rings is 1. The number of hydrogen-bond donors (Lipinski definition) is 0. The summed E-state index contributed by atoms with van der Waals surface area (Å²) in [4.78, 5) is 34.1. The fourth-order valence-electron chi connectivity index (χ4n) is 1.59. The molecular weight excluding hydrogens is 314 g/mol. The lowest BCUT2D eigenvalue weighted by molar-refractivity contribution is -0.385. The summed E-state index contributed by atoms with van der Waals surface area (Å²) in [6, 6.07) is 4.02. The van der Waals surface area contributed by atoms with Crippen molar-refractivity contribution < 1.29 is 24.0 Å². The fourth-order valence-corrected chi connectivity index (χ4v) is 1.82. The summed E-state index contributed by atoms with van der Waals surface area (Å²) in [5, 5.41) is 11.1. The van der Waals surface area contributed by atoms with E-state index in [4.69, 9.17) is 21.1 Å². The minimum Gasteiger partial charge on any atom is -0.462 e. The van der Waals surface area contributed by atoms with Crippen molar-refractivity contribution in [3.63, 3.8) is 0 Å². The Balaban J connectivity index is 3.42. The molecule has 0 saturated carbocycles. The molecule has 0 aliphatic rings. The number of esters is 2. The van der Waals surface area contributed by atoms with Crippen LogP contribution in [0.2, 0.25) is 5.02 Å². The van der Waals surface area contributed by atoms with Gasteiger partial charge in [0.2, 0.25) is 0 Å². The topological polar surface area (TPSA) is 95.7 Å². The molecule has 0 spiro atoms. The third-order valence-corrected chi connectivity index (χ3v) is 2.84. The highest BCUT2D eigenvalue weighted by Crippen LogP contribution is 2.29. The van der Waals surface area contributed by atoms with Gasteiger partial charge in [-0.05, 0) is 26.0 Å². The molecule has 0 N–H and O–H groups in total. The standard InChI is InChI=1S/C14H14ClNO6/c1-3-21-13(17)10(14(18)22-4-2)8-9-11(15)6-5-7-12(9)16(19)20/h5-8H,3-4H2,1-2H3. The van der Waals surface area contributed by atoms with Crippen LogP contribution in [0.1, 0.15) is 19.4 Å². The zero-order valence-electron chi connectivity index (χ0n) is 12.0. The van der Waals surface area contributed by atoms with Crippen LogP contribution in [-0.2, 0) is 19.1 Å². The number of carbonyl (C=O) groups is 2. The smallest absolute Gasteiger partial charge is 0.345 e. The van der Waals surface area contributed by atoms with Gasteiger partial charge in [-0.25, -0.2) is 9.59 Å². The van der Waals surface area contributed by atoms with Crippen molar-refractivity contribution in [1.82, 2.24) is 0 Å². The van der Waals surface area contributed by atoms with Crippen molar-refractivity contribution in [2.24, 2.45) is 0 Å². The van der Waals surface area contributed by atoms with Crippen molar-refractivity contribution in [3.8, 4) is 0 Å². The van der Waals surface area contributed by atoms with Gasteiger partial charge in [0.1, 0.15) is 5.57 Å². The molecule has 0 amide bonds. The second kappa shape index (κ2) is 8.14. The predicted molar refractivity (Wildman–Crippen MR) is 79.3 cm³/mol. The summed E-state index contributed by atoms with van der Waals surface area (Å²) in [6.07, 6.45) is 1.01. The molecule has 22 heavy (non-hydrogen) atoms. The minimum absolute atomic E-state index is 0.0281. The second-order valence-corrected chi connectivity index (χ2v) is 4.34. The maximum absolute atomic E-state index is 11.9. The van der Waals surface area contributed by atoms with Gasteiger partial charge in [-0.1, -0.05) is 17.7 Å². The van der Waals surface area contributed by atoms with E-state index in [1.54, 1.807) is 13.8 Å². The summed E-state index contributed by atoms with van der Waals surface area (Å²) in [7, 11) is 0. The van der Waals surface area contributed by atoms with Gasteiger partial charge in [-0.15, -0.1) is 0 Å². The molecule has 7 nitrogen and oxygen atoms in total. The molecule has 1 rings (SSSR count). The van der Waals surface area contributed by atoms with Crippen molar-refractivity contribution >= 4 is 35.3 Å². The average molecular weight is 328 g/mol. The van der Waals surface area contributed by atoms with Crippen LogP contribution in [0.5, 0.6) is 0 Å². The monoisotopic (exact) mass is 327 g/mol. The number of hydrogen-bond acceptors (Lipinski definition) is 6. The molecule has 0 heterocycles. The lowest BCUT2D eigenvalue weighted by Gasteiger charge is -2.07. The first-order valence-electron chi connectivity index (χ1n) is 6.41. The Bertz CT molecular complexity index is 606. The number of ether oxygens (including phenoxy) is 2. The van der Waals surface area contributed by atoms with Crippen LogP contribution in [0.15, 0.2) is 23.8 Å². The predicted octanol–water partition coefficient (Wildman–Crippen LogP) is 2.76. The largest absolute Gasteiger partial charge is 0.462 e. The van der Waals surface area contributed by atoms with Gasteiger partial charge >= 0.3 is 11.9 Å². The molecule has 0 unspecified atom stereocenters. The van der Waals surface area contributed by atoms with Gasteiger partial charge in [-0.2, -0.15) is 0 Å².